The zero-order valence-electron chi connectivity index (χ0n) is 12.7. The number of carbonyl (C=O) groups is 2. The molecule has 0 fully saturated rings. The second-order valence-corrected chi connectivity index (χ2v) is 5.34. The van der Waals surface area contributed by atoms with Crippen LogP contribution in [-0.2, 0) is 16.0 Å². The van der Waals surface area contributed by atoms with Gasteiger partial charge in [0, 0.05) is 18.9 Å². The van der Waals surface area contributed by atoms with Crippen molar-refractivity contribution in [1.29, 1.82) is 0 Å². The van der Waals surface area contributed by atoms with Gasteiger partial charge in [-0.05, 0) is 31.2 Å². The van der Waals surface area contributed by atoms with Crippen molar-refractivity contribution in [2.24, 2.45) is 0 Å². The quantitative estimate of drug-likeness (QED) is 0.651. The molecule has 1 rings (SSSR count). The van der Waals surface area contributed by atoms with Crippen LogP contribution in [0.3, 0.4) is 0 Å². The molecule has 0 aliphatic heterocycles. The van der Waals surface area contributed by atoms with Gasteiger partial charge in [0.15, 0.2) is 0 Å². The van der Waals surface area contributed by atoms with Crippen LogP contribution in [0, 0.1) is 0 Å². The predicted octanol–water partition coefficient (Wildman–Crippen LogP) is 3.16. The summed E-state index contributed by atoms with van der Waals surface area (Å²) in [7, 11) is 0. The molecule has 0 heterocycles. The Labute approximate surface area is 126 Å². The lowest BCUT2D eigenvalue weighted by atomic mass is 10.0. The van der Waals surface area contributed by atoms with E-state index in [4.69, 9.17) is 5.11 Å². The second kappa shape index (κ2) is 9.97. The van der Waals surface area contributed by atoms with E-state index >= 15 is 0 Å². The number of carboxylic acid groups (broad SMARTS) is 1. The van der Waals surface area contributed by atoms with Crippen LogP contribution in [0.25, 0.3) is 0 Å². The molecule has 1 aromatic rings. The summed E-state index contributed by atoms with van der Waals surface area (Å²) in [6.45, 7) is 2.11. The molecule has 4 nitrogen and oxygen atoms in total. The predicted molar refractivity (Wildman–Crippen MR) is 83.1 cm³/mol. The third-order valence-electron chi connectivity index (χ3n) is 3.37. The summed E-state index contributed by atoms with van der Waals surface area (Å²) < 4.78 is 0. The molecule has 4 heteroatoms. The number of rotatable bonds is 10. The van der Waals surface area contributed by atoms with Crippen molar-refractivity contribution in [3.8, 4) is 0 Å². The van der Waals surface area contributed by atoms with Crippen LogP contribution in [0.5, 0.6) is 0 Å². The highest BCUT2D eigenvalue weighted by Gasteiger charge is 2.12. The van der Waals surface area contributed by atoms with E-state index in [0.29, 0.717) is 19.3 Å². The lowest BCUT2D eigenvalue weighted by Crippen LogP contribution is -2.36. The minimum atomic E-state index is -0.802. The van der Waals surface area contributed by atoms with Crippen LogP contribution in [-0.4, -0.2) is 23.0 Å². The minimum absolute atomic E-state index is 0.0229. The van der Waals surface area contributed by atoms with E-state index in [0.717, 1.165) is 19.3 Å². The molecule has 0 bridgehead atoms. The number of amides is 1. The van der Waals surface area contributed by atoms with E-state index < -0.39 is 5.97 Å². The number of benzene rings is 1. The Balaban J connectivity index is 2.35. The fourth-order valence-corrected chi connectivity index (χ4v) is 2.33. The molecule has 0 saturated carbocycles. The standard InChI is InChI=1S/C17H25NO3/c1-2-8-15(13-14-9-4-3-5-10-14)18-16(19)11-6-7-12-17(20)21/h3-5,9-10,15H,2,6-8,11-13H2,1H3,(H,18,19)(H,20,21). The summed E-state index contributed by atoms with van der Waals surface area (Å²) in [4.78, 5) is 22.3. The maximum Gasteiger partial charge on any atom is 0.303 e. The highest BCUT2D eigenvalue weighted by Crippen LogP contribution is 2.08. The van der Waals surface area contributed by atoms with Gasteiger partial charge in [-0.15, -0.1) is 0 Å². The van der Waals surface area contributed by atoms with Crippen molar-refractivity contribution < 1.29 is 14.7 Å². The number of carboxylic acids is 1. The van der Waals surface area contributed by atoms with Gasteiger partial charge in [-0.2, -0.15) is 0 Å². The Morgan fingerprint density at radius 2 is 1.81 bits per heavy atom. The smallest absolute Gasteiger partial charge is 0.303 e. The topological polar surface area (TPSA) is 66.4 Å². The van der Waals surface area contributed by atoms with Crippen molar-refractivity contribution in [2.45, 2.75) is 57.9 Å². The Hall–Kier alpha value is -1.84. The Morgan fingerprint density at radius 3 is 2.43 bits per heavy atom. The third-order valence-corrected chi connectivity index (χ3v) is 3.37. The summed E-state index contributed by atoms with van der Waals surface area (Å²) >= 11 is 0. The molecule has 116 valence electrons. The molecule has 1 atom stereocenters. The first-order chi connectivity index (χ1) is 10.1. The highest BCUT2D eigenvalue weighted by atomic mass is 16.4. The number of nitrogens with one attached hydrogen (secondary N) is 1. The van der Waals surface area contributed by atoms with Crippen LogP contribution >= 0.6 is 0 Å². The number of aliphatic carboxylic acids is 1. The number of hydrogen-bond acceptors (Lipinski definition) is 2. The molecular formula is C17H25NO3. The first-order valence-corrected chi connectivity index (χ1v) is 7.67. The minimum Gasteiger partial charge on any atom is -0.481 e. The van der Waals surface area contributed by atoms with E-state index in [1.807, 2.05) is 18.2 Å². The van der Waals surface area contributed by atoms with Crippen LogP contribution in [0.15, 0.2) is 30.3 Å². The van der Waals surface area contributed by atoms with Gasteiger partial charge in [-0.1, -0.05) is 43.7 Å². The fraction of sp³-hybridized carbons (Fsp3) is 0.529. The highest BCUT2D eigenvalue weighted by molar-refractivity contribution is 5.76. The molecule has 0 aliphatic carbocycles. The summed E-state index contributed by atoms with van der Waals surface area (Å²) in [6, 6.07) is 10.3. The molecule has 0 spiro atoms. The molecule has 1 aromatic carbocycles. The van der Waals surface area contributed by atoms with E-state index in [1.54, 1.807) is 0 Å². The van der Waals surface area contributed by atoms with Crippen LogP contribution < -0.4 is 5.32 Å². The summed E-state index contributed by atoms with van der Waals surface area (Å²) in [5.41, 5.74) is 1.22. The van der Waals surface area contributed by atoms with Gasteiger partial charge in [-0.25, -0.2) is 0 Å². The van der Waals surface area contributed by atoms with Crippen molar-refractivity contribution >= 4 is 11.9 Å². The van der Waals surface area contributed by atoms with Crippen LogP contribution in [0.1, 0.15) is 51.0 Å². The molecule has 0 saturated heterocycles. The molecular weight excluding hydrogens is 266 g/mol. The van der Waals surface area contributed by atoms with Crippen molar-refractivity contribution in [2.75, 3.05) is 0 Å². The van der Waals surface area contributed by atoms with Gasteiger partial charge in [0.25, 0.3) is 0 Å². The van der Waals surface area contributed by atoms with Crippen molar-refractivity contribution in [3.05, 3.63) is 35.9 Å². The van der Waals surface area contributed by atoms with E-state index in [1.165, 1.54) is 5.56 Å². The first kappa shape index (κ1) is 17.2. The summed E-state index contributed by atoms with van der Waals surface area (Å²) in [6.07, 6.45) is 4.54. The van der Waals surface area contributed by atoms with Gasteiger partial charge >= 0.3 is 5.97 Å². The monoisotopic (exact) mass is 291 g/mol. The second-order valence-electron chi connectivity index (χ2n) is 5.34. The van der Waals surface area contributed by atoms with Gasteiger partial charge in [0.2, 0.25) is 5.91 Å². The molecule has 0 radical (unpaired) electrons. The number of carbonyl (C=O) groups excluding carboxylic acids is 1. The maximum absolute atomic E-state index is 11.9. The average Bonchev–Trinajstić information content (AvgIpc) is 2.45. The van der Waals surface area contributed by atoms with Gasteiger partial charge in [-0.3, -0.25) is 9.59 Å². The maximum atomic E-state index is 11.9. The zero-order valence-corrected chi connectivity index (χ0v) is 12.7. The fourth-order valence-electron chi connectivity index (χ4n) is 2.33. The summed E-state index contributed by atoms with van der Waals surface area (Å²) in [5.74, 6) is -0.780. The van der Waals surface area contributed by atoms with Crippen LogP contribution in [0.4, 0.5) is 0 Å². The third kappa shape index (κ3) is 8.12. The van der Waals surface area contributed by atoms with E-state index in [9.17, 15) is 9.59 Å². The largest absolute Gasteiger partial charge is 0.481 e. The lowest BCUT2D eigenvalue weighted by molar-refractivity contribution is -0.137. The summed E-state index contributed by atoms with van der Waals surface area (Å²) in [5, 5.41) is 11.6. The normalized spacial score (nSPS) is 11.9. The van der Waals surface area contributed by atoms with Gasteiger partial charge in [0.05, 0.1) is 0 Å². The lowest BCUT2D eigenvalue weighted by Gasteiger charge is -2.18. The van der Waals surface area contributed by atoms with Gasteiger partial charge in [0.1, 0.15) is 0 Å². The Kier molecular flexibility index (Phi) is 8.17. The number of unbranched alkanes of at least 4 members (excludes halogenated alkanes) is 1. The van der Waals surface area contributed by atoms with Gasteiger partial charge < -0.3 is 10.4 Å². The Morgan fingerprint density at radius 1 is 1.14 bits per heavy atom. The molecule has 0 aromatic heterocycles. The number of hydrogen-bond donors (Lipinski definition) is 2. The molecule has 2 N–H and O–H groups in total. The van der Waals surface area contributed by atoms with Crippen LogP contribution in [0.2, 0.25) is 0 Å². The van der Waals surface area contributed by atoms with E-state index in [-0.39, 0.29) is 18.4 Å². The first-order valence-electron chi connectivity index (χ1n) is 7.67. The van der Waals surface area contributed by atoms with Crippen molar-refractivity contribution in [1.82, 2.24) is 5.32 Å². The van der Waals surface area contributed by atoms with Crippen molar-refractivity contribution in [3.63, 3.8) is 0 Å². The Bertz CT molecular complexity index is 431. The molecule has 1 unspecified atom stereocenters. The SMILES string of the molecule is CCCC(Cc1ccccc1)NC(=O)CCCCC(=O)O. The zero-order chi connectivity index (χ0) is 15.5. The molecule has 21 heavy (non-hydrogen) atoms. The van der Waals surface area contributed by atoms with E-state index in [2.05, 4.69) is 24.4 Å². The molecule has 0 aliphatic rings. The average molecular weight is 291 g/mol. The molecule has 1 amide bonds.